The molecule has 3 fully saturated rings. The van der Waals surface area contributed by atoms with Gasteiger partial charge in [0.1, 0.15) is 24.0 Å². The van der Waals surface area contributed by atoms with E-state index in [4.69, 9.17) is 35.3 Å². The standard InChI is InChI=1S/C43H68ClNO11/c1-10-30-18-24(2)17-25(3)19-36(53-8)39-37(54-9)21-27(5)43(51,56-39)40(48)41(49)45-16-12-11-13-32(45)42(50)55-38(28(6)33(46)23-34(30)47)26(4)20-29-14-15-31(44)35(22-29)52-7/h18,20,25,27-33,35-39,46,51H,10-17,19,21-23H2,1-9H3/b24-18+,26-20+/t25-,27+,28+,29-,30+,31+,32-,33-,35+,36?,37-,38+,39+,43+/m0/s1. The number of allylic oxidation sites excluding steroid dienone is 3. The lowest BCUT2D eigenvalue weighted by molar-refractivity contribution is -0.302. The largest absolute Gasteiger partial charge is 0.456 e. The number of nitrogens with zero attached hydrogens (tertiary/aromatic N) is 1. The monoisotopic (exact) mass is 809 g/mol. The van der Waals surface area contributed by atoms with Crippen LogP contribution in [0.3, 0.4) is 0 Å². The maximum absolute atomic E-state index is 14.3. The molecule has 0 aromatic heterocycles. The van der Waals surface area contributed by atoms with Gasteiger partial charge in [0.05, 0.1) is 29.8 Å². The third-order valence-electron chi connectivity index (χ3n) is 12.8. The molecule has 318 valence electrons. The Balaban J connectivity index is 1.76. The molecule has 1 amide bonds. The molecular weight excluding hydrogens is 742 g/mol. The van der Waals surface area contributed by atoms with Gasteiger partial charge in [-0.25, -0.2) is 4.79 Å². The van der Waals surface area contributed by atoms with Crippen LogP contribution in [0, 0.1) is 29.6 Å². The van der Waals surface area contributed by atoms with Crippen LogP contribution in [0.5, 0.6) is 0 Å². The van der Waals surface area contributed by atoms with Crippen molar-refractivity contribution in [2.45, 2.75) is 166 Å². The van der Waals surface area contributed by atoms with Gasteiger partial charge >= 0.3 is 5.97 Å². The summed E-state index contributed by atoms with van der Waals surface area (Å²) in [6, 6.07) is -1.12. The predicted molar refractivity (Wildman–Crippen MR) is 212 cm³/mol. The highest BCUT2D eigenvalue weighted by molar-refractivity contribution is 6.39. The first kappa shape index (κ1) is 46.5. The average Bonchev–Trinajstić information content (AvgIpc) is 3.18. The Morgan fingerprint density at radius 2 is 1.62 bits per heavy atom. The average molecular weight is 810 g/mol. The van der Waals surface area contributed by atoms with Gasteiger partial charge in [-0.2, -0.15) is 0 Å². The van der Waals surface area contributed by atoms with Crippen LogP contribution < -0.4 is 0 Å². The molecule has 1 aliphatic carbocycles. The van der Waals surface area contributed by atoms with Crippen molar-refractivity contribution in [1.29, 1.82) is 0 Å². The highest BCUT2D eigenvalue weighted by Crippen LogP contribution is 2.39. The van der Waals surface area contributed by atoms with Crippen molar-refractivity contribution in [2.75, 3.05) is 27.9 Å². The zero-order chi connectivity index (χ0) is 41.5. The zero-order valence-corrected chi connectivity index (χ0v) is 35.8. The van der Waals surface area contributed by atoms with E-state index < -0.39 is 77.8 Å². The molecule has 56 heavy (non-hydrogen) atoms. The van der Waals surface area contributed by atoms with Crippen molar-refractivity contribution in [3.05, 3.63) is 23.3 Å². The number of hydrogen-bond acceptors (Lipinski definition) is 11. The quantitative estimate of drug-likeness (QED) is 0.146. The second-order valence-electron chi connectivity index (χ2n) is 17.1. The fourth-order valence-electron chi connectivity index (χ4n) is 9.36. The minimum atomic E-state index is -2.49. The summed E-state index contributed by atoms with van der Waals surface area (Å²) in [4.78, 5) is 57.7. The summed E-state index contributed by atoms with van der Waals surface area (Å²) >= 11 is 6.52. The number of methoxy groups -OCH3 is 3. The van der Waals surface area contributed by atoms with E-state index in [1.165, 1.54) is 19.1 Å². The number of esters is 1. The number of carbonyl (C=O) groups is 4. The fraction of sp³-hybridized carbons (Fsp3) is 0.814. The number of halogens is 1. The molecule has 3 heterocycles. The number of carbonyl (C=O) groups excluding carboxylic acids is 4. The number of hydrogen-bond donors (Lipinski definition) is 2. The van der Waals surface area contributed by atoms with Gasteiger partial charge in [0.25, 0.3) is 11.7 Å². The van der Waals surface area contributed by atoms with Crippen molar-refractivity contribution < 1.29 is 53.1 Å². The number of piperidine rings is 1. The lowest BCUT2D eigenvalue weighted by Crippen LogP contribution is -2.64. The third kappa shape index (κ3) is 10.9. The van der Waals surface area contributed by atoms with Gasteiger partial charge in [0.15, 0.2) is 0 Å². The minimum absolute atomic E-state index is 0.0425. The van der Waals surface area contributed by atoms with E-state index in [1.807, 2.05) is 32.9 Å². The second kappa shape index (κ2) is 20.7. The van der Waals surface area contributed by atoms with Crippen LogP contribution in [0.4, 0.5) is 0 Å². The summed E-state index contributed by atoms with van der Waals surface area (Å²) in [5, 5.41) is 23.6. The Bertz CT molecular complexity index is 1440. The molecule has 12 nitrogen and oxygen atoms in total. The number of cyclic esters (lactones) is 1. The van der Waals surface area contributed by atoms with Crippen molar-refractivity contribution in [1.82, 2.24) is 4.90 Å². The van der Waals surface area contributed by atoms with E-state index in [0.717, 1.165) is 18.4 Å². The number of ketones is 2. The molecule has 0 aromatic rings. The van der Waals surface area contributed by atoms with Crippen LogP contribution in [0.1, 0.15) is 112 Å². The molecular formula is C43H68ClNO11. The Morgan fingerprint density at radius 1 is 0.964 bits per heavy atom. The summed E-state index contributed by atoms with van der Waals surface area (Å²) in [7, 11) is 4.71. The van der Waals surface area contributed by atoms with Gasteiger partial charge in [-0.3, -0.25) is 14.4 Å². The summed E-state index contributed by atoms with van der Waals surface area (Å²) in [5.41, 5.74) is 1.71. The number of aliphatic hydroxyl groups is 2. The highest BCUT2D eigenvalue weighted by atomic mass is 35.5. The van der Waals surface area contributed by atoms with Gasteiger partial charge in [-0.1, -0.05) is 45.4 Å². The zero-order valence-electron chi connectivity index (χ0n) is 35.0. The predicted octanol–water partition coefficient (Wildman–Crippen LogP) is 5.72. The Labute approximate surface area is 339 Å². The van der Waals surface area contributed by atoms with Crippen molar-refractivity contribution >= 4 is 35.0 Å². The van der Waals surface area contributed by atoms with Crippen LogP contribution in [0.15, 0.2) is 23.3 Å². The Kier molecular flexibility index (Phi) is 17.2. The van der Waals surface area contributed by atoms with E-state index in [2.05, 4.69) is 6.92 Å². The number of amides is 1. The summed E-state index contributed by atoms with van der Waals surface area (Å²) in [6.07, 6.45) is 5.16. The molecule has 2 N–H and O–H groups in total. The first-order valence-electron chi connectivity index (χ1n) is 20.7. The van der Waals surface area contributed by atoms with Gasteiger partial charge in [-0.15, -0.1) is 11.6 Å². The molecule has 0 spiro atoms. The van der Waals surface area contributed by atoms with E-state index in [-0.39, 0.29) is 54.9 Å². The first-order valence-corrected chi connectivity index (χ1v) is 21.2. The molecule has 0 radical (unpaired) electrons. The number of fused-ring (bicyclic) bond motifs is 3. The summed E-state index contributed by atoms with van der Waals surface area (Å²) in [6.45, 7) is 11.3. The SMILES string of the molecule is CC[C@@H]1/C=C(\C)C[C@H](C)CC(OC)[C@H]2O[C@@](O)(C(=O)C(=O)N3CCCC[C@H]3C(=O)O[C@H](/C(C)=C/[C@@H]3CC[C@@H](Cl)[C@H](OC)C3)[C@H](C)[C@@H](O)CC1=O)[C@H](C)C[C@@H]2OC. The highest BCUT2D eigenvalue weighted by Gasteiger charge is 2.56. The van der Waals surface area contributed by atoms with Crippen LogP contribution in [0.25, 0.3) is 0 Å². The molecule has 13 heteroatoms. The van der Waals surface area contributed by atoms with E-state index >= 15 is 0 Å². The number of Topliss-reactive ketones (excluding diaryl/α,β-unsaturated/α-hetero) is 2. The molecule has 14 atom stereocenters. The lowest BCUT2D eigenvalue weighted by atomic mass is 9.82. The summed E-state index contributed by atoms with van der Waals surface area (Å²) < 4.78 is 29.9. The Hall–Kier alpha value is -2.19. The van der Waals surface area contributed by atoms with E-state index in [1.54, 1.807) is 21.0 Å². The van der Waals surface area contributed by atoms with Gasteiger partial charge in [0.2, 0.25) is 5.79 Å². The third-order valence-corrected chi connectivity index (χ3v) is 13.3. The molecule has 1 unspecified atom stereocenters. The molecule has 0 aromatic carbocycles. The van der Waals surface area contributed by atoms with Crippen molar-refractivity contribution in [3.8, 4) is 0 Å². The van der Waals surface area contributed by atoms with Crippen molar-refractivity contribution in [3.63, 3.8) is 0 Å². The van der Waals surface area contributed by atoms with Gasteiger partial charge in [0, 0.05) is 52.0 Å². The second-order valence-corrected chi connectivity index (χ2v) is 17.7. The van der Waals surface area contributed by atoms with Gasteiger partial charge in [-0.05, 0) is 95.5 Å². The van der Waals surface area contributed by atoms with E-state index in [0.29, 0.717) is 44.1 Å². The summed E-state index contributed by atoms with van der Waals surface area (Å²) in [5.74, 6) is -7.31. The molecule has 2 saturated heterocycles. The maximum atomic E-state index is 14.3. The number of aliphatic hydroxyl groups excluding tert-OH is 1. The molecule has 4 rings (SSSR count). The molecule has 1 saturated carbocycles. The van der Waals surface area contributed by atoms with Gasteiger partial charge < -0.3 is 38.8 Å². The molecule has 4 aliphatic rings. The smallest absolute Gasteiger partial charge is 0.329 e. The van der Waals surface area contributed by atoms with E-state index in [9.17, 15) is 29.4 Å². The number of ether oxygens (including phenoxy) is 5. The molecule has 3 aliphatic heterocycles. The first-order chi connectivity index (χ1) is 26.5. The normalized spacial score (nSPS) is 41.6. The maximum Gasteiger partial charge on any atom is 0.329 e. The van der Waals surface area contributed by atoms with Crippen LogP contribution in [-0.2, 0) is 42.9 Å². The minimum Gasteiger partial charge on any atom is -0.456 e. The number of alkyl halides is 1. The van der Waals surface area contributed by atoms with Crippen LogP contribution in [-0.4, -0.2) is 120 Å². The van der Waals surface area contributed by atoms with Crippen LogP contribution >= 0.6 is 11.6 Å². The lowest BCUT2D eigenvalue weighted by Gasteiger charge is -2.47. The molecule has 2 bridgehead atoms. The van der Waals surface area contributed by atoms with Crippen molar-refractivity contribution in [2.24, 2.45) is 29.6 Å². The van der Waals surface area contributed by atoms with Crippen LogP contribution in [0.2, 0.25) is 0 Å². The number of rotatable bonds is 6. The topological polar surface area (TPSA) is 158 Å². The Morgan fingerprint density at radius 3 is 2.27 bits per heavy atom. The fourth-order valence-corrected chi connectivity index (χ4v) is 9.69.